The summed E-state index contributed by atoms with van der Waals surface area (Å²) in [7, 11) is 1.53. The maximum Gasteiger partial charge on any atom is 0.337 e. The molecule has 0 spiro atoms. The molecule has 4 aromatic rings. The molecule has 3 aromatic carbocycles. The number of morpholine rings is 1. The van der Waals surface area contributed by atoms with Crippen molar-refractivity contribution in [2.45, 2.75) is 31.5 Å². The second-order valence-electron chi connectivity index (χ2n) is 11.5. The Morgan fingerprint density at radius 3 is 2.36 bits per heavy atom. The number of fused-ring (bicyclic) bond motifs is 3. The number of aromatic carboxylic acids is 1. The number of hydrogen-bond donors (Lipinski definition) is 1. The van der Waals surface area contributed by atoms with Gasteiger partial charge in [0.15, 0.2) is 6.73 Å². The fraction of sp³-hybridized carbons (Fsp3) is 0.265. The highest BCUT2D eigenvalue weighted by Gasteiger charge is 2.40. The largest absolute Gasteiger partial charge is 0.481 e. The highest BCUT2D eigenvalue weighted by molar-refractivity contribution is 6.40. The summed E-state index contributed by atoms with van der Waals surface area (Å²) in [5, 5.41) is 10.3. The number of carboxylic acid groups (broad SMARTS) is 1. The summed E-state index contributed by atoms with van der Waals surface area (Å²) in [6.07, 6.45) is 3.38. The Kier molecular flexibility index (Phi) is 8.99. The Morgan fingerprint density at radius 2 is 1.72 bits per heavy atom. The number of benzene rings is 3. The molecule has 0 saturated carbocycles. The van der Waals surface area contributed by atoms with Gasteiger partial charge < -0.3 is 34.6 Å². The molecule has 3 N–H and O–H groups in total. The smallest absolute Gasteiger partial charge is 0.337 e. The molecule has 10 nitrogen and oxygen atoms in total. The predicted octanol–water partition coefficient (Wildman–Crippen LogP) is 6.10. The highest BCUT2D eigenvalue weighted by atomic mass is 35.5. The lowest BCUT2D eigenvalue weighted by atomic mass is 9.96. The maximum absolute atomic E-state index is 15.7. The molecule has 0 radical (unpaired) electrons. The lowest BCUT2D eigenvalue weighted by Gasteiger charge is -2.37. The minimum atomic E-state index is -1.20. The van der Waals surface area contributed by atoms with E-state index in [0.717, 1.165) is 24.5 Å². The number of amides is 1. The Hall–Kier alpha value is -4.42. The van der Waals surface area contributed by atoms with Crippen molar-refractivity contribution < 1.29 is 38.8 Å². The number of carbonyl (C=O) groups is 2. The fourth-order valence-corrected chi connectivity index (χ4v) is 7.21. The normalized spacial score (nSPS) is 18.2. The third-order valence-corrected chi connectivity index (χ3v) is 9.37. The lowest BCUT2D eigenvalue weighted by Crippen LogP contribution is -2.46. The van der Waals surface area contributed by atoms with Crippen molar-refractivity contribution in [1.29, 1.82) is 0 Å². The molecule has 0 aliphatic carbocycles. The van der Waals surface area contributed by atoms with Gasteiger partial charge in [0.25, 0.3) is 5.91 Å². The average Bonchev–Trinajstić information content (AvgIpc) is 3.30. The summed E-state index contributed by atoms with van der Waals surface area (Å²) in [6, 6.07) is 14.9. The van der Waals surface area contributed by atoms with Gasteiger partial charge in [-0.05, 0) is 48.7 Å². The van der Waals surface area contributed by atoms with Gasteiger partial charge in [0.1, 0.15) is 11.6 Å². The Balaban J connectivity index is 0.00000386. The van der Waals surface area contributed by atoms with E-state index in [2.05, 4.69) is 9.88 Å². The molecular weight excluding hydrogens is 652 g/mol. The molecule has 3 aliphatic rings. The third-order valence-electron chi connectivity index (χ3n) is 8.77. The van der Waals surface area contributed by atoms with Gasteiger partial charge in [-0.2, -0.15) is 0 Å². The van der Waals surface area contributed by atoms with E-state index in [9.17, 15) is 14.7 Å². The van der Waals surface area contributed by atoms with Gasteiger partial charge in [-0.15, -0.1) is 0 Å². The van der Waals surface area contributed by atoms with Crippen LogP contribution >= 0.6 is 23.2 Å². The van der Waals surface area contributed by atoms with Gasteiger partial charge in [0.2, 0.25) is 5.88 Å². The number of ether oxygens (including phenoxy) is 3. The molecule has 2 atom stereocenters. The minimum Gasteiger partial charge on any atom is -0.481 e. The number of anilines is 1. The molecule has 2 unspecified atom stereocenters. The van der Waals surface area contributed by atoms with Crippen molar-refractivity contribution >= 4 is 40.8 Å². The van der Waals surface area contributed by atoms with Crippen LogP contribution in [-0.2, 0) is 11.3 Å². The Bertz CT molecular complexity index is 1830. The van der Waals surface area contributed by atoms with Crippen molar-refractivity contribution in [2.75, 3.05) is 32.0 Å². The number of methoxy groups -OCH3 is 1. The first-order valence-electron chi connectivity index (χ1n) is 14.7. The van der Waals surface area contributed by atoms with Gasteiger partial charge in [-0.3, -0.25) is 4.79 Å². The van der Waals surface area contributed by atoms with Crippen LogP contribution in [0.5, 0.6) is 11.6 Å². The number of carboxylic acids is 1. The van der Waals surface area contributed by atoms with E-state index in [1.807, 2.05) is 6.07 Å². The zero-order valence-electron chi connectivity index (χ0n) is 25.1. The fourth-order valence-electron chi connectivity index (χ4n) is 6.57. The predicted molar refractivity (Wildman–Crippen MR) is 174 cm³/mol. The standard InChI is InChI=1S/C34H28Cl2FN3O6.H2O/c1-44-30-8-5-18(13-38-30)20-9-26(35)31(27(36)10-20)33(41)39-14-19-3-2-4-23(32(19)46-17-39)24-12-29(25(34(42)43)11-28(24)37)40-21-6-7-22(40)16-45-15-21;/h2-5,8-13,21-22H,6-7,14-17H2,1H3,(H,42,43);1H2. The molecule has 3 aliphatic heterocycles. The van der Waals surface area contributed by atoms with Crippen LogP contribution < -0.4 is 14.4 Å². The first kappa shape index (κ1) is 32.5. The second-order valence-corrected chi connectivity index (χ2v) is 12.3. The summed E-state index contributed by atoms with van der Waals surface area (Å²) in [5.41, 5.74) is 3.28. The molecule has 4 heterocycles. The number of pyridine rings is 1. The van der Waals surface area contributed by atoms with Gasteiger partial charge >= 0.3 is 5.97 Å². The molecule has 1 amide bonds. The van der Waals surface area contributed by atoms with Gasteiger partial charge in [-0.25, -0.2) is 14.2 Å². The first-order chi connectivity index (χ1) is 22.2. The van der Waals surface area contributed by atoms with Gasteiger partial charge in [-0.1, -0.05) is 41.4 Å². The van der Waals surface area contributed by atoms with Crippen LogP contribution in [0.3, 0.4) is 0 Å². The van der Waals surface area contributed by atoms with Gasteiger partial charge in [0, 0.05) is 34.5 Å². The SMILES string of the molecule is COc1ccc(-c2cc(Cl)c(C(=O)N3COc4c(cccc4-c4cc(N5C6CCC5COC6)c(C(=O)O)cc4F)C3)c(Cl)c2)cn1.O. The van der Waals surface area contributed by atoms with E-state index in [0.29, 0.717) is 47.2 Å². The Morgan fingerprint density at radius 1 is 1.00 bits per heavy atom. The maximum atomic E-state index is 15.7. The molecule has 2 saturated heterocycles. The minimum absolute atomic E-state index is 0. The molecule has 13 heteroatoms. The zero-order valence-corrected chi connectivity index (χ0v) is 26.6. The summed E-state index contributed by atoms with van der Waals surface area (Å²) >= 11 is 13.2. The van der Waals surface area contributed by atoms with Crippen molar-refractivity contribution in [3.63, 3.8) is 0 Å². The number of aromatic nitrogens is 1. The average molecular weight is 683 g/mol. The molecule has 2 bridgehead atoms. The summed E-state index contributed by atoms with van der Waals surface area (Å²) in [5.74, 6) is -1.41. The molecule has 47 heavy (non-hydrogen) atoms. The number of carbonyl (C=O) groups excluding carboxylic acids is 1. The van der Waals surface area contributed by atoms with Crippen molar-refractivity contribution in [3.8, 4) is 33.9 Å². The van der Waals surface area contributed by atoms with Crippen LogP contribution in [0.1, 0.15) is 39.1 Å². The number of nitrogens with zero attached hydrogens (tertiary/aromatic N) is 3. The molecule has 7 rings (SSSR count). The zero-order chi connectivity index (χ0) is 32.1. The highest BCUT2D eigenvalue weighted by Crippen LogP contribution is 2.43. The molecule has 244 valence electrons. The van der Waals surface area contributed by atoms with Gasteiger partial charge in [0.05, 0.1) is 65.8 Å². The number of halogens is 3. The lowest BCUT2D eigenvalue weighted by molar-refractivity contribution is 0.0516. The topological polar surface area (TPSA) is 133 Å². The van der Waals surface area contributed by atoms with E-state index < -0.39 is 17.7 Å². The van der Waals surface area contributed by atoms with E-state index >= 15 is 4.39 Å². The number of hydrogen-bond acceptors (Lipinski definition) is 7. The van der Waals surface area contributed by atoms with Crippen LogP contribution in [0.2, 0.25) is 10.0 Å². The van der Waals surface area contributed by atoms with E-state index in [1.165, 1.54) is 12.0 Å². The summed E-state index contributed by atoms with van der Waals surface area (Å²) in [4.78, 5) is 33.6. The quantitative estimate of drug-likeness (QED) is 0.258. The van der Waals surface area contributed by atoms with Crippen molar-refractivity contribution in [2.24, 2.45) is 0 Å². The van der Waals surface area contributed by atoms with Crippen molar-refractivity contribution in [3.05, 3.63) is 93.3 Å². The van der Waals surface area contributed by atoms with Crippen LogP contribution in [0.4, 0.5) is 10.1 Å². The van der Waals surface area contributed by atoms with Crippen molar-refractivity contribution in [1.82, 2.24) is 9.88 Å². The van der Waals surface area contributed by atoms with Crippen LogP contribution in [0.25, 0.3) is 22.3 Å². The van der Waals surface area contributed by atoms with E-state index in [1.54, 1.807) is 48.7 Å². The third kappa shape index (κ3) is 5.84. The molecule has 2 fully saturated rings. The summed E-state index contributed by atoms with van der Waals surface area (Å²) < 4.78 is 32.6. The number of rotatable bonds is 6. The molecule has 1 aromatic heterocycles. The summed E-state index contributed by atoms with van der Waals surface area (Å²) in [6.45, 7) is 1.01. The van der Waals surface area contributed by atoms with E-state index in [4.69, 9.17) is 37.4 Å². The van der Waals surface area contributed by atoms with Crippen LogP contribution in [-0.4, -0.2) is 71.5 Å². The molecular formula is C34H30Cl2FN3O7. The van der Waals surface area contributed by atoms with Crippen LogP contribution in [0.15, 0.2) is 60.8 Å². The first-order valence-corrected chi connectivity index (χ1v) is 15.5. The van der Waals surface area contributed by atoms with Crippen LogP contribution in [0, 0.1) is 5.82 Å². The second kappa shape index (κ2) is 13.0. The Labute approximate surface area is 279 Å². The monoisotopic (exact) mass is 681 g/mol. The van der Waals surface area contributed by atoms with E-state index in [-0.39, 0.29) is 57.6 Å². The number of para-hydroxylation sites is 1.